The highest BCUT2D eigenvalue weighted by atomic mass is 32.1. The monoisotopic (exact) mass is 261 g/mol. The minimum atomic E-state index is -0.657. The van der Waals surface area contributed by atoms with Crippen LogP contribution in [-0.2, 0) is 9.47 Å². The Kier molecular flexibility index (Phi) is 4.85. The molecule has 0 N–H and O–H groups in total. The van der Waals surface area contributed by atoms with Gasteiger partial charge < -0.3 is 14.2 Å². The normalized spacial score (nSPS) is 10.0. The molecule has 0 aliphatic rings. The topological polar surface area (TPSA) is 87.9 Å². The second-order valence-corrected chi connectivity index (χ2v) is 3.90. The maximum absolute atomic E-state index is 11.4. The smallest absolute Gasteiger partial charge is 0.352 e. The summed E-state index contributed by atoms with van der Waals surface area (Å²) >= 11 is 0.719. The van der Waals surface area contributed by atoms with E-state index in [9.17, 15) is 14.9 Å². The Morgan fingerprint density at radius 2 is 2.18 bits per heavy atom. The number of nitro groups is 1. The molecule has 0 aliphatic carbocycles. The van der Waals surface area contributed by atoms with Crippen LogP contribution >= 0.6 is 11.3 Å². The third kappa shape index (κ3) is 3.40. The van der Waals surface area contributed by atoms with Crippen molar-refractivity contribution in [3.8, 4) is 5.75 Å². The Bertz CT molecular complexity index is 416. The SMILES string of the molecule is COCCOc1cc([N+](=O)[O-])sc1C(=O)OC. The summed E-state index contributed by atoms with van der Waals surface area (Å²) in [5.41, 5.74) is 0. The van der Waals surface area contributed by atoms with Crippen LogP contribution in [0.5, 0.6) is 5.75 Å². The molecular weight excluding hydrogens is 250 g/mol. The average molecular weight is 261 g/mol. The van der Waals surface area contributed by atoms with E-state index in [1.54, 1.807) is 0 Å². The van der Waals surface area contributed by atoms with E-state index in [1.165, 1.54) is 20.3 Å². The molecular formula is C9H11NO6S. The van der Waals surface area contributed by atoms with Crippen LogP contribution in [0.25, 0.3) is 0 Å². The minimum Gasteiger partial charge on any atom is -0.489 e. The lowest BCUT2D eigenvalue weighted by Gasteiger charge is -2.04. The van der Waals surface area contributed by atoms with E-state index < -0.39 is 10.9 Å². The molecule has 0 unspecified atom stereocenters. The van der Waals surface area contributed by atoms with Gasteiger partial charge in [0.15, 0.2) is 10.6 Å². The Labute approximate surface area is 101 Å². The first-order valence-electron chi connectivity index (χ1n) is 4.58. The minimum absolute atomic E-state index is 0.0790. The fourth-order valence-electron chi connectivity index (χ4n) is 1.03. The molecule has 0 radical (unpaired) electrons. The van der Waals surface area contributed by atoms with Crippen LogP contribution < -0.4 is 4.74 Å². The molecule has 1 aromatic heterocycles. The summed E-state index contributed by atoms with van der Waals surface area (Å²) in [6.45, 7) is 0.526. The van der Waals surface area contributed by atoms with Gasteiger partial charge in [0.1, 0.15) is 6.61 Å². The summed E-state index contributed by atoms with van der Waals surface area (Å²) in [5.74, 6) is -0.513. The molecule has 0 amide bonds. The second-order valence-electron chi connectivity index (χ2n) is 2.87. The van der Waals surface area contributed by atoms with Gasteiger partial charge in [-0.2, -0.15) is 0 Å². The van der Waals surface area contributed by atoms with Crippen LogP contribution in [-0.4, -0.2) is 38.3 Å². The largest absolute Gasteiger partial charge is 0.489 e. The zero-order valence-electron chi connectivity index (χ0n) is 9.30. The number of ether oxygens (including phenoxy) is 3. The standard InChI is InChI=1S/C9H11NO6S/c1-14-3-4-16-6-5-7(10(12)13)17-8(6)9(11)15-2/h5H,3-4H2,1-2H3. The first-order chi connectivity index (χ1) is 8.10. The maximum atomic E-state index is 11.4. The van der Waals surface area contributed by atoms with Gasteiger partial charge in [0, 0.05) is 7.11 Å². The van der Waals surface area contributed by atoms with Crippen molar-refractivity contribution < 1.29 is 23.9 Å². The van der Waals surface area contributed by atoms with E-state index in [1.807, 2.05) is 0 Å². The third-order valence-corrected chi connectivity index (χ3v) is 2.83. The highest BCUT2D eigenvalue weighted by molar-refractivity contribution is 7.17. The second kappa shape index (κ2) is 6.16. The van der Waals surface area contributed by atoms with Crippen molar-refractivity contribution in [3.63, 3.8) is 0 Å². The van der Waals surface area contributed by atoms with Gasteiger partial charge in [-0.05, 0) is 0 Å². The lowest BCUT2D eigenvalue weighted by atomic mass is 10.4. The van der Waals surface area contributed by atoms with Crippen molar-refractivity contribution in [3.05, 3.63) is 21.1 Å². The predicted molar refractivity (Wildman–Crippen MR) is 59.7 cm³/mol. The lowest BCUT2D eigenvalue weighted by molar-refractivity contribution is -0.380. The van der Waals surface area contributed by atoms with E-state index in [0.717, 1.165) is 11.3 Å². The number of methoxy groups -OCH3 is 2. The molecule has 1 heterocycles. The van der Waals surface area contributed by atoms with E-state index in [-0.39, 0.29) is 22.2 Å². The maximum Gasteiger partial charge on any atom is 0.352 e. The molecule has 94 valence electrons. The fourth-order valence-corrected chi connectivity index (χ4v) is 1.86. The number of carbonyl (C=O) groups is 1. The van der Waals surface area contributed by atoms with Crippen molar-refractivity contribution in [2.45, 2.75) is 0 Å². The summed E-state index contributed by atoms with van der Waals surface area (Å²) in [6, 6.07) is 1.20. The van der Waals surface area contributed by atoms with Crippen LogP contribution in [0, 0.1) is 10.1 Å². The molecule has 0 fully saturated rings. The van der Waals surface area contributed by atoms with Crippen LogP contribution in [0.2, 0.25) is 0 Å². The Hall–Kier alpha value is -1.67. The molecule has 0 saturated carbocycles. The molecule has 7 nitrogen and oxygen atoms in total. The van der Waals surface area contributed by atoms with Gasteiger partial charge in [-0.15, -0.1) is 0 Å². The molecule has 0 spiro atoms. The van der Waals surface area contributed by atoms with Crippen molar-refractivity contribution >= 4 is 22.3 Å². The van der Waals surface area contributed by atoms with Crippen molar-refractivity contribution in [2.24, 2.45) is 0 Å². The molecule has 8 heteroatoms. The molecule has 0 aliphatic heterocycles. The van der Waals surface area contributed by atoms with Crippen LogP contribution in [0.4, 0.5) is 5.00 Å². The number of hydrogen-bond donors (Lipinski definition) is 0. The summed E-state index contributed by atoms with van der Waals surface area (Å²) in [7, 11) is 2.70. The first kappa shape index (κ1) is 13.4. The van der Waals surface area contributed by atoms with Gasteiger partial charge in [0.25, 0.3) is 0 Å². The van der Waals surface area contributed by atoms with Crippen LogP contribution in [0.15, 0.2) is 6.07 Å². The summed E-state index contributed by atoms with van der Waals surface area (Å²) in [4.78, 5) is 21.4. The first-order valence-corrected chi connectivity index (χ1v) is 5.40. The van der Waals surface area contributed by atoms with E-state index >= 15 is 0 Å². The summed E-state index contributed by atoms with van der Waals surface area (Å²) in [5, 5.41) is 10.4. The Balaban J connectivity index is 2.91. The van der Waals surface area contributed by atoms with Crippen molar-refractivity contribution in [1.29, 1.82) is 0 Å². The summed E-state index contributed by atoms with van der Waals surface area (Å²) in [6.07, 6.45) is 0. The number of rotatable bonds is 6. The fraction of sp³-hybridized carbons (Fsp3) is 0.444. The highest BCUT2D eigenvalue weighted by Crippen LogP contribution is 2.35. The predicted octanol–water partition coefficient (Wildman–Crippen LogP) is 1.47. The van der Waals surface area contributed by atoms with Crippen molar-refractivity contribution in [2.75, 3.05) is 27.4 Å². The van der Waals surface area contributed by atoms with Crippen molar-refractivity contribution in [1.82, 2.24) is 0 Å². The zero-order valence-corrected chi connectivity index (χ0v) is 10.1. The van der Waals surface area contributed by atoms with E-state index in [4.69, 9.17) is 9.47 Å². The zero-order chi connectivity index (χ0) is 12.8. The van der Waals surface area contributed by atoms with Crippen LogP contribution in [0.1, 0.15) is 9.67 Å². The Morgan fingerprint density at radius 1 is 1.47 bits per heavy atom. The number of hydrogen-bond acceptors (Lipinski definition) is 7. The molecule has 17 heavy (non-hydrogen) atoms. The van der Waals surface area contributed by atoms with Gasteiger partial charge in [0.05, 0.1) is 24.7 Å². The average Bonchev–Trinajstić information content (AvgIpc) is 2.73. The van der Waals surface area contributed by atoms with Gasteiger partial charge >= 0.3 is 11.0 Å². The lowest BCUT2D eigenvalue weighted by Crippen LogP contribution is -2.07. The molecule has 1 rings (SSSR count). The quantitative estimate of drug-likeness (QED) is 0.333. The molecule has 0 aromatic carbocycles. The van der Waals surface area contributed by atoms with Crippen LogP contribution in [0.3, 0.4) is 0 Å². The highest BCUT2D eigenvalue weighted by Gasteiger charge is 2.23. The van der Waals surface area contributed by atoms with E-state index in [2.05, 4.69) is 4.74 Å². The number of carbonyl (C=O) groups excluding carboxylic acids is 1. The van der Waals surface area contributed by atoms with Gasteiger partial charge in [-0.3, -0.25) is 10.1 Å². The van der Waals surface area contributed by atoms with Gasteiger partial charge in [0.2, 0.25) is 0 Å². The summed E-state index contributed by atoms with van der Waals surface area (Å²) < 4.78 is 14.5. The third-order valence-electron chi connectivity index (χ3n) is 1.78. The van der Waals surface area contributed by atoms with Gasteiger partial charge in [-0.25, -0.2) is 4.79 Å². The number of esters is 1. The number of thiophene rings is 1. The van der Waals surface area contributed by atoms with E-state index in [0.29, 0.717) is 6.61 Å². The molecule has 1 aromatic rings. The Morgan fingerprint density at radius 3 is 2.71 bits per heavy atom. The molecule has 0 saturated heterocycles. The number of nitrogens with zero attached hydrogens (tertiary/aromatic N) is 1. The van der Waals surface area contributed by atoms with Gasteiger partial charge in [-0.1, -0.05) is 11.3 Å². The molecule has 0 atom stereocenters. The molecule has 0 bridgehead atoms.